The van der Waals surface area contributed by atoms with Crippen molar-refractivity contribution in [3.05, 3.63) is 148 Å². The number of carbonyl (C=O) groups is 2. The van der Waals surface area contributed by atoms with Crippen molar-refractivity contribution in [2.24, 2.45) is 17.8 Å². The zero-order valence-electron chi connectivity index (χ0n) is 26.9. The summed E-state index contributed by atoms with van der Waals surface area (Å²) in [6.07, 6.45) is 0. The lowest BCUT2D eigenvalue weighted by atomic mass is 9.70. The fourth-order valence-corrected chi connectivity index (χ4v) is 9.99. The van der Waals surface area contributed by atoms with Gasteiger partial charge in [-0.05, 0) is 88.0 Å². The summed E-state index contributed by atoms with van der Waals surface area (Å²) in [6.45, 7) is 0. The Labute approximate surface area is 291 Å². The summed E-state index contributed by atoms with van der Waals surface area (Å²) >= 11 is 0. The molecular weight excluding hydrogens is 648 g/mol. The third-order valence-corrected chi connectivity index (χ3v) is 11.6. The van der Waals surface area contributed by atoms with Crippen LogP contribution in [-0.4, -0.2) is 47.3 Å². The highest BCUT2D eigenvalue weighted by molar-refractivity contribution is 6.19. The van der Waals surface area contributed by atoms with Gasteiger partial charge < -0.3 is 35.7 Å². The second kappa shape index (κ2) is 10.9. The zero-order valence-corrected chi connectivity index (χ0v) is 26.9. The van der Waals surface area contributed by atoms with Crippen LogP contribution in [0.5, 0.6) is 40.2 Å². The predicted octanol–water partition coefficient (Wildman–Crippen LogP) is 6.53. The molecule has 2 bridgehead atoms. The normalized spacial score (nSPS) is 27.4. The maximum atomic E-state index is 15.2. The lowest BCUT2D eigenvalue weighted by molar-refractivity contribution is -0.131. The molecule has 5 aromatic rings. The molecule has 9 rings (SSSR count). The van der Waals surface area contributed by atoms with Crippen molar-refractivity contribution in [2.75, 3.05) is 0 Å². The molecule has 0 unspecified atom stereocenters. The minimum absolute atomic E-state index is 0.0169. The van der Waals surface area contributed by atoms with Gasteiger partial charge >= 0.3 is 0 Å². The maximum Gasteiger partial charge on any atom is 0.170 e. The van der Waals surface area contributed by atoms with E-state index in [1.165, 1.54) is 36.4 Å². The van der Waals surface area contributed by atoms with Crippen LogP contribution in [0, 0.1) is 17.8 Å². The molecule has 9 nitrogen and oxygen atoms in total. The number of ketones is 2. The van der Waals surface area contributed by atoms with Gasteiger partial charge in [0.15, 0.2) is 11.6 Å². The van der Waals surface area contributed by atoms with Crippen molar-refractivity contribution < 1.29 is 45.3 Å². The first-order valence-electron chi connectivity index (χ1n) is 16.8. The molecule has 8 atom stereocenters. The van der Waals surface area contributed by atoms with Gasteiger partial charge in [-0.15, -0.1) is 0 Å². The Bertz CT molecular complexity index is 2290. The molecule has 1 saturated carbocycles. The van der Waals surface area contributed by atoms with Crippen molar-refractivity contribution in [3.8, 4) is 40.2 Å². The maximum absolute atomic E-state index is 15.2. The number of benzene rings is 5. The first kappa shape index (κ1) is 30.8. The monoisotopic (exact) mass is 680 g/mol. The van der Waals surface area contributed by atoms with E-state index in [9.17, 15) is 40.5 Å². The van der Waals surface area contributed by atoms with E-state index in [-0.39, 0.29) is 51.8 Å². The highest BCUT2D eigenvalue weighted by atomic mass is 16.3. The van der Waals surface area contributed by atoms with E-state index in [0.29, 0.717) is 39.0 Å². The lowest BCUT2D eigenvalue weighted by Gasteiger charge is -2.32. The second-order valence-electron chi connectivity index (χ2n) is 14.2. The Kier molecular flexibility index (Phi) is 6.58. The first-order chi connectivity index (χ1) is 24.5. The Morgan fingerprint density at radius 2 is 0.882 bits per heavy atom. The van der Waals surface area contributed by atoms with Gasteiger partial charge in [0.05, 0.1) is 5.92 Å². The number of hydrogen-bond acceptors (Lipinski definition) is 9. The Morgan fingerprint density at radius 1 is 0.392 bits per heavy atom. The van der Waals surface area contributed by atoms with E-state index in [1.54, 1.807) is 66.7 Å². The number of phenols is 7. The van der Waals surface area contributed by atoms with E-state index < -0.39 is 47.3 Å². The van der Waals surface area contributed by atoms with E-state index in [2.05, 4.69) is 0 Å². The van der Waals surface area contributed by atoms with Gasteiger partial charge in [-0.3, -0.25) is 9.59 Å². The molecule has 0 aromatic heterocycles. The molecule has 0 amide bonds. The largest absolute Gasteiger partial charge is 0.508 e. The smallest absolute Gasteiger partial charge is 0.170 e. The molecule has 51 heavy (non-hydrogen) atoms. The van der Waals surface area contributed by atoms with Gasteiger partial charge in [0, 0.05) is 64.7 Å². The van der Waals surface area contributed by atoms with Crippen LogP contribution in [0.1, 0.15) is 63.0 Å². The zero-order chi connectivity index (χ0) is 35.5. The van der Waals surface area contributed by atoms with Gasteiger partial charge in [-0.25, -0.2) is 0 Å². The SMILES string of the molecule is O=C1C2=C([C@H]3C(=O)[C@@H]1[C@@H](c1ccc(O)cc1)[C@@H]3c1cc(O)cc(O)c1)[C@H]1[C@H](c3ccc(O)cc3)c3c(O)cc(O)cc3[C@H]1[C@@H]2c1ccc(O)cc1. The minimum atomic E-state index is -1.12. The summed E-state index contributed by atoms with van der Waals surface area (Å²) in [5, 5.41) is 74.4. The van der Waals surface area contributed by atoms with Crippen molar-refractivity contribution in [2.45, 2.75) is 29.6 Å². The van der Waals surface area contributed by atoms with E-state index in [1.807, 2.05) is 0 Å². The fourth-order valence-electron chi connectivity index (χ4n) is 9.99. The quantitative estimate of drug-likeness (QED) is 0.104. The molecule has 5 aromatic carbocycles. The van der Waals surface area contributed by atoms with Crippen molar-refractivity contribution in [1.29, 1.82) is 0 Å². The Balaban J connectivity index is 1.35. The number of allylic oxidation sites excluding steroid dienone is 2. The van der Waals surface area contributed by atoms with Crippen molar-refractivity contribution >= 4 is 11.6 Å². The number of Topliss-reactive ketones (excluding diaryl/α,β-unsaturated/α-hetero) is 2. The van der Waals surface area contributed by atoms with Gasteiger partial charge in [-0.2, -0.15) is 0 Å². The molecule has 0 aliphatic heterocycles. The van der Waals surface area contributed by atoms with Crippen LogP contribution >= 0.6 is 0 Å². The molecule has 4 aliphatic carbocycles. The Morgan fingerprint density at radius 3 is 1.45 bits per heavy atom. The average molecular weight is 681 g/mol. The van der Waals surface area contributed by atoms with Gasteiger partial charge in [0.25, 0.3) is 0 Å². The van der Waals surface area contributed by atoms with Crippen molar-refractivity contribution in [3.63, 3.8) is 0 Å². The number of carbonyl (C=O) groups excluding carboxylic acids is 2. The molecule has 0 saturated heterocycles. The number of hydrogen-bond donors (Lipinski definition) is 7. The Hall–Kier alpha value is -6.22. The van der Waals surface area contributed by atoms with Crippen LogP contribution in [-0.2, 0) is 9.59 Å². The van der Waals surface area contributed by atoms with Gasteiger partial charge in [-0.1, -0.05) is 36.4 Å². The lowest BCUT2D eigenvalue weighted by Crippen LogP contribution is -2.34. The highest BCUT2D eigenvalue weighted by Gasteiger charge is 2.67. The van der Waals surface area contributed by atoms with Crippen LogP contribution in [0.25, 0.3) is 0 Å². The molecular formula is C42H32O9. The van der Waals surface area contributed by atoms with E-state index >= 15 is 4.79 Å². The summed E-state index contributed by atoms with van der Waals surface area (Å²) in [7, 11) is 0. The van der Waals surface area contributed by atoms with Gasteiger partial charge in [0.2, 0.25) is 0 Å². The summed E-state index contributed by atoms with van der Waals surface area (Å²) in [5.41, 5.74) is 4.79. The molecule has 7 N–H and O–H groups in total. The standard InChI is InChI=1S/C42H32O9/c43-22-7-1-18(2-8-22)30-33(21-13-25(46)15-26(47)14-21)39-37-36-31(19-3-9-23(44)10-4-19)34-28(16-27(48)17-29(34)49)35(36)32(20-5-11-24(45)12-6-20)38(37)41(50)40(30)42(39)51/h1-17,30-33,35-36,39-40,43-49H/t30-,31+,32-,33-,35-,36-,39-,40+/m0/s1. The fraction of sp³-hybridized carbons (Fsp3) is 0.190. The number of aromatic hydroxyl groups is 7. The number of rotatable bonds is 4. The average Bonchev–Trinajstić information content (AvgIpc) is 3.68. The van der Waals surface area contributed by atoms with E-state index in [4.69, 9.17) is 0 Å². The molecule has 1 fully saturated rings. The van der Waals surface area contributed by atoms with Crippen molar-refractivity contribution in [1.82, 2.24) is 0 Å². The van der Waals surface area contributed by atoms with Crippen LogP contribution in [0.3, 0.4) is 0 Å². The predicted molar refractivity (Wildman–Crippen MR) is 184 cm³/mol. The summed E-state index contributed by atoms with van der Waals surface area (Å²) < 4.78 is 0. The molecule has 0 spiro atoms. The van der Waals surface area contributed by atoms with Crippen LogP contribution in [0.4, 0.5) is 0 Å². The summed E-state index contributed by atoms with van der Waals surface area (Å²) in [6, 6.07) is 26.6. The number of phenolic OH excluding ortho intramolecular Hbond substituents is 7. The third kappa shape index (κ3) is 4.40. The number of fused-ring (bicyclic) bond motifs is 7. The topological polar surface area (TPSA) is 176 Å². The summed E-state index contributed by atoms with van der Waals surface area (Å²) in [4.78, 5) is 30.2. The third-order valence-electron chi connectivity index (χ3n) is 11.6. The van der Waals surface area contributed by atoms with Crippen LogP contribution in [0.2, 0.25) is 0 Å². The molecule has 0 heterocycles. The van der Waals surface area contributed by atoms with Crippen LogP contribution in [0.15, 0.2) is 114 Å². The van der Waals surface area contributed by atoms with Crippen LogP contribution < -0.4 is 0 Å². The summed E-state index contributed by atoms with van der Waals surface area (Å²) in [5.74, 6) is -7.00. The highest BCUT2D eigenvalue weighted by Crippen LogP contribution is 2.72. The minimum Gasteiger partial charge on any atom is -0.508 e. The molecule has 0 radical (unpaired) electrons. The van der Waals surface area contributed by atoms with E-state index in [0.717, 1.165) is 5.56 Å². The second-order valence-corrected chi connectivity index (χ2v) is 14.2. The molecule has 254 valence electrons. The molecule has 4 aliphatic rings. The van der Waals surface area contributed by atoms with Gasteiger partial charge in [0.1, 0.15) is 40.2 Å². The first-order valence-corrected chi connectivity index (χ1v) is 16.8. The molecule has 9 heteroatoms.